The molecular weight excluding hydrogens is 470 g/mol. The second-order valence-corrected chi connectivity index (χ2v) is 1.58. The minimum atomic E-state index is 0. The maximum Gasteiger partial charge on any atom is 1.00 e. The molecule has 0 aromatic rings. The average Bonchev–Trinajstić information content (AvgIpc) is 2.01. The van der Waals surface area contributed by atoms with Crippen LogP contribution in [0, 0.1) is 0 Å². The molecule has 0 spiro atoms. The van der Waals surface area contributed by atoms with Crippen molar-refractivity contribution in [1.82, 2.24) is 0 Å². The van der Waals surface area contributed by atoms with Crippen molar-refractivity contribution in [1.29, 1.82) is 0 Å². The van der Waals surface area contributed by atoms with Crippen molar-refractivity contribution in [3.63, 3.8) is 0 Å². The van der Waals surface area contributed by atoms with Gasteiger partial charge in [-0.3, -0.25) is 0 Å². The maximum absolute atomic E-state index is 6.26. The van der Waals surface area contributed by atoms with Crippen LogP contribution in [0.4, 0.5) is 0 Å². The fourth-order valence-electron chi connectivity index (χ4n) is 0.200. The van der Waals surface area contributed by atoms with Crippen LogP contribution in [0.5, 0.6) is 0 Å². The van der Waals surface area contributed by atoms with Crippen molar-refractivity contribution in [2.45, 2.75) is 0 Å². The number of hydrogen-bond acceptors (Lipinski definition) is 0. The summed E-state index contributed by atoms with van der Waals surface area (Å²) in [6.07, 6.45) is 0. The van der Waals surface area contributed by atoms with Gasteiger partial charge >= 0.3 is 233 Å². The van der Waals surface area contributed by atoms with Gasteiger partial charge in [0.15, 0.2) is 0 Å². The number of hydrogen-bond donors (Lipinski definition) is 0. The van der Waals surface area contributed by atoms with Crippen LogP contribution < -0.4 is 233 Å². The topological polar surface area (TPSA) is 75.8 Å². The van der Waals surface area contributed by atoms with E-state index in [0.717, 1.165) is 13.1 Å². The molecule has 8 heteroatoms. The molecule has 0 atom stereocenters. The van der Waals surface area contributed by atoms with E-state index in [9.17, 15) is 0 Å². The zero-order chi connectivity index (χ0) is 8.24. The second kappa shape index (κ2) is 42.7. The molecule has 0 heterocycles. The largest absolute Gasteiger partial charge is 1.00 e. The zero-order valence-electron chi connectivity index (χ0n) is 10.7. The Morgan fingerprint density at radius 1 is 0.714 bits per heavy atom. The predicted octanol–water partition coefficient (Wildman–Crippen LogP) is -9.90. The van der Waals surface area contributed by atoms with E-state index in [1.165, 1.54) is 0 Å². The Balaban J connectivity index is -0.0000000185. The van der Waals surface area contributed by atoms with Gasteiger partial charge < -0.3 is 22.1 Å². The number of rotatable bonds is 4. The Hall–Kier alpha value is 7.06. The van der Waals surface area contributed by atoms with Gasteiger partial charge in [-0.25, -0.2) is 0 Å². The van der Waals surface area contributed by atoms with E-state index in [1.807, 2.05) is 0 Å². The molecule has 0 rings (SSSR count). The van der Waals surface area contributed by atoms with Gasteiger partial charge in [-0.15, -0.1) is 0 Å². The molecule has 0 aliphatic rings. The second-order valence-electron chi connectivity index (χ2n) is 1.58. The van der Waals surface area contributed by atoms with E-state index in [0.29, 0.717) is 0 Å². The molecule has 64 valence electrons. The van der Waals surface area contributed by atoms with Crippen molar-refractivity contribution in [3.05, 3.63) is 22.1 Å². The first-order valence-corrected chi connectivity index (χ1v) is 3.23. The van der Waals surface area contributed by atoms with Gasteiger partial charge in [0, 0.05) is 0 Å². The van der Waals surface area contributed by atoms with Crippen LogP contribution in [0.3, 0.4) is 0 Å². The third kappa shape index (κ3) is 50.8. The van der Waals surface area contributed by atoms with Gasteiger partial charge in [0.25, 0.3) is 0 Å². The van der Waals surface area contributed by atoms with Crippen LogP contribution in [-0.4, -0.2) is 40.3 Å². The molecule has 0 aromatic carbocycles. The first-order valence-electron chi connectivity index (χ1n) is 3.23. The number of likely N-dealkylation sites (N-methyl/N-ethyl adjacent to an activating group) is 2. The average molecular weight is 486 g/mol. The van der Waals surface area contributed by atoms with E-state index in [4.69, 9.17) is 11.5 Å². The molecule has 0 aliphatic carbocycles. The Kier molecular flexibility index (Phi) is 114. The van der Waals surface area contributed by atoms with Crippen LogP contribution in [-0.2, 0) is 0 Å². The third-order valence-electron chi connectivity index (χ3n) is 0.672. The van der Waals surface area contributed by atoms with Crippen molar-refractivity contribution in [3.8, 4) is 0 Å². The van der Waals surface area contributed by atoms with E-state index in [1.54, 1.807) is 14.1 Å². The molecule has 4 nitrogen and oxygen atoms in total. The van der Waals surface area contributed by atoms with Crippen LogP contribution in [0.15, 0.2) is 0 Å². The zero-order valence-corrected chi connectivity index (χ0v) is 30.4. The van der Waals surface area contributed by atoms with Crippen LogP contribution in [0.2, 0.25) is 0 Å². The van der Waals surface area contributed by atoms with Crippen LogP contribution in [0.25, 0.3) is 22.1 Å². The summed E-state index contributed by atoms with van der Waals surface area (Å²) < 4.78 is 0. The Bertz CT molecular complexity index is 46.8. The number of nitrogens with one attached hydrogen (secondary N) is 2. The fraction of sp³-hybridized carbons (Fsp3) is 1.00. The summed E-state index contributed by atoms with van der Waals surface area (Å²) in [5, 5.41) is 7.66. The molecule has 2 N–H and O–H groups in total. The van der Waals surface area contributed by atoms with Crippen molar-refractivity contribution < 1.29 is 233 Å². The molecule has 0 saturated carbocycles. The van der Waals surface area contributed by atoms with Crippen LogP contribution in [0.1, 0.15) is 0 Å². The minimum absolute atomic E-state index is 0. The van der Waals surface area contributed by atoms with Crippen LogP contribution >= 0.6 is 0 Å². The fourth-order valence-corrected chi connectivity index (χ4v) is 0.200. The molecule has 0 bridgehead atoms. The molecule has 0 aromatic heterocycles. The summed E-state index contributed by atoms with van der Waals surface area (Å²) in [4.78, 5) is 0. The summed E-state index contributed by atoms with van der Waals surface area (Å²) >= 11 is 0. The monoisotopic (exact) mass is 484 g/mol. The van der Waals surface area contributed by atoms with E-state index >= 15 is 0 Å². The molecule has 0 amide bonds. The minimum Gasteiger partial charge on any atom is -0.679 e. The molecule has 0 saturated heterocycles. The maximum atomic E-state index is 6.26. The standard InChI is InChI=1S/C4H10N2.C2H6N2.4Rb/c1-5-3-4-6-2;3-1-2-4;;;;/h3-4H2,1-2H3;3-4H,1-2H2;;;;/q2*-2;4*+1. The van der Waals surface area contributed by atoms with Gasteiger partial charge in [0.05, 0.1) is 0 Å². The van der Waals surface area contributed by atoms with Crippen molar-refractivity contribution >= 4 is 0 Å². The molecule has 0 fully saturated rings. The molecule has 0 unspecified atom stereocenters. The first-order chi connectivity index (χ1) is 4.83. The molecular formula is C6H16N4Rb4. The molecule has 14 heavy (non-hydrogen) atoms. The van der Waals surface area contributed by atoms with E-state index < -0.39 is 0 Å². The normalized spacial score (nSPS) is 6.00. The van der Waals surface area contributed by atoms with Gasteiger partial charge in [0.1, 0.15) is 0 Å². The summed E-state index contributed by atoms with van der Waals surface area (Å²) in [5.74, 6) is 0. The molecule has 0 aliphatic heterocycles. The summed E-state index contributed by atoms with van der Waals surface area (Å²) in [6.45, 7) is 2.22. The van der Waals surface area contributed by atoms with Gasteiger partial charge in [-0.2, -0.15) is 40.3 Å². The first kappa shape index (κ1) is 37.4. The summed E-state index contributed by atoms with van der Waals surface area (Å²) in [7, 11) is 3.59. The van der Waals surface area contributed by atoms with Gasteiger partial charge in [-0.1, -0.05) is 0 Å². The van der Waals surface area contributed by atoms with Crippen molar-refractivity contribution in [2.75, 3.05) is 40.3 Å². The SMILES string of the molecule is C[N-]CC[N-]C.[NH-]CC[NH-].[Rb+].[Rb+].[Rb+].[Rb+]. The quantitative estimate of drug-likeness (QED) is 0.355. The van der Waals surface area contributed by atoms with E-state index in [-0.39, 0.29) is 246 Å². The summed E-state index contributed by atoms with van der Waals surface area (Å²) in [6, 6.07) is 0. The van der Waals surface area contributed by atoms with Gasteiger partial charge in [-0.05, 0) is 0 Å². The van der Waals surface area contributed by atoms with Crippen molar-refractivity contribution in [2.24, 2.45) is 0 Å². The smallest absolute Gasteiger partial charge is 0.679 e. The molecule has 0 radical (unpaired) electrons. The number of nitrogens with zero attached hydrogens (tertiary/aromatic N) is 2. The predicted molar refractivity (Wildman–Crippen MR) is 46.7 cm³/mol. The van der Waals surface area contributed by atoms with E-state index in [2.05, 4.69) is 10.6 Å². The summed E-state index contributed by atoms with van der Waals surface area (Å²) in [5.41, 5.74) is 12.5. The van der Waals surface area contributed by atoms with Gasteiger partial charge in [0.2, 0.25) is 0 Å². The Morgan fingerprint density at radius 3 is 1.00 bits per heavy atom. The Morgan fingerprint density at radius 2 is 0.929 bits per heavy atom. The Labute approximate surface area is 285 Å². The third-order valence-corrected chi connectivity index (χ3v) is 0.672.